The lowest BCUT2D eigenvalue weighted by Crippen LogP contribution is -2.24. The molecule has 8 nitrogen and oxygen atoms in total. The van der Waals surface area contributed by atoms with E-state index in [1.165, 1.54) is 0 Å². The minimum atomic E-state index is -0.203. The van der Waals surface area contributed by atoms with Crippen LogP contribution in [-0.4, -0.2) is 45.1 Å². The third-order valence-electron chi connectivity index (χ3n) is 5.34. The molecule has 1 aromatic carbocycles. The van der Waals surface area contributed by atoms with Gasteiger partial charge >= 0.3 is 0 Å². The monoisotopic (exact) mass is 416 g/mol. The molecule has 1 aliphatic rings. The normalized spacial score (nSPS) is 16.4. The van der Waals surface area contributed by atoms with Gasteiger partial charge in [-0.15, -0.1) is 0 Å². The number of hydrogen-bond donors (Lipinski definition) is 0. The van der Waals surface area contributed by atoms with Gasteiger partial charge in [0.25, 0.3) is 0 Å². The molecule has 3 heterocycles. The average Bonchev–Trinajstić information content (AvgIpc) is 2.80. The Labute approximate surface area is 180 Å². The Morgan fingerprint density at radius 1 is 1.16 bits per heavy atom. The lowest BCUT2D eigenvalue weighted by atomic mass is 9.91. The van der Waals surface area contributed by atoms with Gasteiger partial charge in [-0.05, 0) is 30.2 Å². The zero-order valence-corrected chi connectivity index (χ0v) is 17.9. The summed E-state index contributed by atoms with van der Waals surface area (Å²) in [6.45, 7) is 4.02. The summed E-state index contributed by atoms with van der Waals surface area (Å²) in [5, 5.41) is 10.7. The number of ether oxygens (including phenoxy) is 1. The molecule has 0 amide bonds. The van der Waals surface area contributed by atoms with E-state index >= 15 is 0 Å². The predicted octanol–water partition coefficient (Wildman–Crippen LogP) is 3.16. The Balaban J connectivity index is 1.70. The van der Waals surface area contributed by atoms with Crippen LogP contribution in [0.1, 0.15) is 35.7 Å². The molecule has 2 unspecified atom stereocenters. The van der Waals surface area contributed by atoms with E-state index in [9.17, 15) is 4.79 Å². The van der Waals surface area contributed by atoms with Crippen LogP contribution in [0.2, 0.25) is 0 Å². The number of methoxy groups -OCH3 is 1. The second-order valence-corrected chi connectivity index (χ2v) is 7.46. The van der Waals surface area contributed by atoms with Crippen LogP contribution < -0.4 is 10.2 Å². The highest BCUT2D eigenvalue weighted by Gasteiger charge is 2.19. The molecule has 0 radical (unpaired) electrons. The summed E-state index contributed by atoms with van der Waals surface area (Å²) in [6.07, 6.45) is 10.6. The fourth-order valence-electron chi connectivity index (χ4n) is 3.50. The molecule has 0 N–H and O–H groups in total. The van der Waals surface area contributed by atoms with E-state index in [1.807, 2.05) is 51.4 Å². The molecular formula is C23H24N6O2. The van der Waals surface area contributed by atoms with Gasteiger partial charge in [-0.3, -0.25) is 14.5 Å². The number of allylic oxidation sites excluding steroid dienone is 1. The molecule has 0 saturated carbocycles. The Bertz CT molecular complexity index is 1190. The quantitative estimate of drug-likeness (QED) is 0.635. The Morgan fingerprint density at radius 3 is 2.61 bits per heavy atom. The van der Waals surface area contributed by atoms with Crippen molar-refractivity contribution in [2.24, 2.45) is 5.10 Å². The van der Waals surface area contributed by atoms with E-state index in [4.69, 9.17) is 4.74 Å². The van der Waals surface area contributed by atoms with Crippen molar-refractivity contribution in [3.8, 4) is 17.1 Å². The van der Waals surface area contributed by atoms with Crippen molar-refractivity contribution >= 4 is 6.21 Å². The largest absolute Gasteiger partial charge is 0.494 e. The first-order valence-electron chi connectivity index (χ1n) is 9.98. The highest BCUT2D eigenvalue weighted by atomic mass is 16.5. The molecule has 31 heavy (non-hydrogen) atoms. The summed E-state index contributed by atoms with van der Waals surface area (Å²) >= 11 is 0. The summed E-state index contributed by atoms with van der Waals surface area (Å²) in [5.74, 6) is 0.996. The molecule has 0 fully saturated rings. The van der Waals surface area contributed by atoms with E-state index in [0.717, 1.165) is 16.7 Å². The van der Waals surface area contributed by atoms with Crippen LogP contribution in [0.3, 0.4) is 0 Å². The van der Waals surface area contributed by atoms with Crippen molar-refractivity contribution in [3.63, 3.8) is 0 Å². The molecule has 1 aliphatic heterocycles. The predicted molar refractivity (Wildman–Crippen MR) is 119 cm³/mol. The maximum atomic E-state index is 12.7. The SMILES string of the molecule is COc1cnc(-c2ccc(C)c(C(C)c3nn(C4C=CN(C)N=C4)ccc3=O)c2)nc1. The molecule has 0 saturated heterocycles. The first-order valence-corrected chi connectivity index (χ1v) is 9.98. The standard InChI is InChI=1S/C23H24N6O2/c1-15-5-6-17(23-24-13-19(31-4)14-25-23)11-20(15)16(2)22-21(30)8-10-29(27-22)18-7-9-28(3)26-12-18/h5-14,16,18H,1-4H3. The van der Waals surface area contributed by atoms with Gasteiger partial charge in [0, 0.05) is 37.0 Å². The molecule has 8 heteroatoms. The highest BCUT2D eigenvalue weighted by molar-refractivity contribution is 5.66. The van der Waals surface area contributed by atoms with Gasteiger partial charge in [-0.1, -0.05) is 19.1 Å². The number of aromatic nitrogens is 4. The second kappa shape index (κ2) is 8.51. The summed E-state index contributed by atoms with van der Waals surface area (Å²) in [5.41, 5.74) is 3.34. The molecule has 0 spiro atoms. The van der Waals surface area contributed by atoms with E-state index < -0.39 is 0 Å². The van der Waals surface area contributed by atoms with Gasteiger partial charge in [-0.25, -0.2) is 9.97 Å². The molecule has 4 rings (SSSR count). The number of benzene rings is 1. The number of rotatable bonds is 5. The summed E-state index contributed by atoms with van der Waals surface area (Å²) in [7, 11) is 3.44. The topological polar surface area (TPSA) is 85.5 Å². The van der Waals surface area contributed by atoms with Crippen LogP contribution in [0.4, 0.5) is 0 Å². The molecule has 2 aromatic heterocycles. The zero-order valence-electron chi connectivity index (χ0n) is 17.9. The fraction of sp³-hybridized carbons (Fsp3) is 0.261. The summed E-state index contributed by atoms with van der Waals surface area (Å²) in [6, 6.07) is 7.44. The Morgan fingerprint density at radius 2 is 1.94 bits per heavy atom. The van der Waals surface area contributed by atoms with Gasteiger partial charge in [0.2, 0.25) is 5.43 Å². The number of hydrogen-bond acceptors (Lipinski definition) is 7. The van der Waals surface area contributed by atoms with Crippen molar-refractivity contribution in [1.29, 1.82) is 0 Å². The smallest absolute Gasteiger partial charge is 0.203 e. The van der Waals surface area contributed by atoms with Crippen molar-refractivity contribution in [3.05, 3.63) is 82.2 Å². The molecule has 0 aliphatic carbocycles. The molecular weight excluding hydrogens is 392 g/mol. The van der Waals surface area contributed by atoms with Crippen molar-refractivity contribution in [2.75, 3.05) is 14.2 Å². The van der Waals surface area contributed by atoms with Crippen LogP contribution in [0.5, 0.6) is 5.75 Å². The highest BCUT2D eigenvalue weighted by Crippen LogP contribution is 2.28. The van der Waals surface area contributed by atoms with E-state index in [1.54, 1.807) is 47.7 Å². The molecule has 3 aromatic rings. The van der Waals surface area contributed by atoms with Crippen LogP contribution in [0.25, 0.3) is 11.4 Å². The van der Waals surface area contributed by atoms with Crippen molar-refractivity contribution < 1.29 is 4.74 Å². The maximum Gasteiger partial charge on any atom is 0.203 e. The molecule has 0 bridgehead atoms. The van der Waals surface area contributed by atoms with Gasteiger partial charge in [0.1, 0.15) is 11.7 Å². The Kier molecular flexibility index (Phi) is 5.62. The van der Waals surface area contributed by atoms with E-state index in [0.29, 0.717) is 17.3 Å². The second-order valence-electron chi connectivity index (χ2n) is 7.46. The van der Waals surface area contributed by atoms with Gasteiger partial charge in [0.05, 0.1) is 25.7 Å². The van der Waals surface area contributed by atoms with Gasteiger partial charge < -0.3 is 4.74 Å². The minimum Gasteiger partial charge on any atom is -0.494 e. The maximum absolute atomic E-state index is 12.7. The van der Waals surface area contributed by atoms with E-state index in [2.05, 4.69) is 20.2 Å². The minimum absolute atomic E-state index is 0.0944. The number of nitrogens with zero attached hydrogens (tertiary/aromatic N) is 6. The molecule has 158 valence electrons. The van der Waals surface area contributed by atoms with Crippen LogP contribution in [0.15, 0.2) is 65.0 Å². The van der Waals surface area contributed by atoms with E-state index in [-0.39, 0.29) is 17.4 Å². The molecule has 2 atom stereocenters. The zero-order chi connectivity index (χ0) is 22.0. The van der Waals surface area contributed by atoms with Crippen LogP contribution >= 0.6 is 0 Å². The van der Waals surface area contributed by atoms with Crippen molar-refractivity contribution in [1.82, 2.24) is 24.8 Å². The van der Waals surface area contributed by atoms with Crippen molar-refractivity contribution in [2.45, 2.75) is 25.8 Å². The average molecular weight is 416 g/mol. The third kappa shape index (κ3) is 4.23. The lowest BCUT2D eigenvalue weighted by molar-refractivity contribution is 0.411. The first kappa shape index (κ1) is 20.5. The van der Waals surface area contributed by atoms with Gasteiger partial charge in [0.15, 0.2) is 11.6 Å². The van der Waals surface area contributed by atoms with Crippen LogP contribution in [0, 0.1) is 6.92 Å². The summed E-state index contributed by atoms with van der Waals surface area (Å²) < 4.78 is 6.89. The lowest BCUT2D eigenvalue weighted by Gasteiger charge is -2.20. The summed E-state index contributed by atoms with van der Waals surface area (Å²) in [4.78, 5) is 21.4. The van der Waals surface area contributed by atoms with Gasteiger partial charge in [-0.2, -0.15) is 10.2 Å². The first-order chi connectivity index (χ1) is 15.0. The number of hydrazone groups is 1. The fourth-order valence-corrected chi connectivity index (χ4v) is 3.50. The number of aryl methyl sites for hydroxylation is 1. The third-order valence-corrected chi connectivity index (χ3v) is 5.34. The Hall–Kier alpha value is -3.81. The van der Waals surface area contributed by atoms with Crippen LogP contribution in [-0.2, 0) is 0 Å².